The van der Waals surface area contributed by atoms with Gasteiger partial charge in [0.25, 0.3) is 0 Å². The highest BCUT2D eigenvalue weighted by molar-refractivity contribution is 5.86. The number of ether oxygens (including phenoxy) is 2. The van der Waals surface area contributed by atoms with Gasteiger partial charge >= 0.3 is 11.9 Å². The van der Waals surface area contributed by atoms with E-state index in [9.17, 15) is 14.4 Å². The average molecular weight is 489 g/mol. The summed E-state index contributed by atoms with van der Waals surface area (Å²) in [4.78, 5) is 44.5. The topological polar surface area (TPSA) is 76.1 Å². The third-order valence-corrected chi connectivity index (χ3v) is 9.83. The van der Waals surface area contributed by atoms with E-state index in [0.29, 0.717) is 6.54 Å². The van der Waals surface area contributed by atoms with Gasteiger partial charge in [0.15, 0.2) is 0 Å². The second-order valence-electron chi connectivity index (χ2n) is 12.9. The normalized spacial score (nSPS) is 36.5. The van der Waals surface area contributed by atoms with E-state index in [-0.39, 0.29) is 53.6 Å². The van der Waals surface area contributed by atoms with E-state index in [2.05, 4.69) is 32.6 Å². The first-order chi connectivity index (χ1) is 16.6. The van der Waals surface area contributed by atoms with Crippen molar-refractivity contribution in [2.24, 2.45) is 29.6 Å². The highest BCUT2D eigenvalue weighted by Crippen LogP contribution is 2.60. The SMILES string of the molecule is CCC1(OC(=O)C2C3CC(C4CN(C(C)(C)C)C(=O)C43)C2OC(=O)CN2CCCCC2)CCCC1. The second-order valence-corrected chi connectivity index (χ2v) is 12.9. The summed E-state index contributed by atoms with van der Waals surface area (Å²) in [5.74, 6) is -0.897. The van der Waals surface area contributed by atoms with E-state index < -0.39 is 17.6 Å². The highest BCUT2D eigenvalue weighted by Gasteiger charge is 2.68. The van der Waals surface area contributed by atoms with Crippen LogP contribution in [0.4, 0.5) is 0 Å². The summed E-state index contributed by atoms with van der Waals surface area (Å²) in [5.41, 5.74) is -0.648. The van der Waals surface area contributed by atoms with Crippen LogP contribution < -0.4 is 0 Å². The minimum absolute atomic E-state index is 0.0466. The molecule has 2 aliphatic heterocycles. The number of piperidine rings is 1. The molecule has 0 radical (unpaired) electrons. The van der Waals surface area contributed by atoms with Crippen LogP contribution >= 0.6 is 0 Å². The molecule has 7 heteroatoms. The van der Waals surface area contributed by atoms with Crippen LogP contribution in [0, 0.1) is 29.6 Å². The molecule has 1 amide bonds. The van der Waals surface area contributed by atoms with Gasteiger partial charge in [-0.3, -0.25) is 19.3 Å². The Labute approximate surface area is 210 Å². The molecule has 0 aromatic heterocycles. The quantitative estimate of drug-likeness (QED) is 0.530. The number of likely N-dealkylation sites (tertiary alicyclic amines) is 2. The number of amides is 1. The zero-order valence-corrected chi connectivity index (χ0v) is 22.1. The maximum atomic E-state index is 13.8. The molecule has 5 rings (SSSR count). The van der Waals surface area contributed by atoms with Crippen molar-refractivity contribution in [1.82, 2.24) is 9.80 Å². The number of carbonyl (C=O) groups excluding carboxylic acids is 3. The Balaban J connectivity index is 1.37. The van der Waals surface area contributed by atoms with Crippen molar-refractivity contribution < 1.29 is 23.9 Å². The van der Waals surface area contributed by atoms with Crippen molar-refractivity contribution in [2.45, 2.75) is 103 Å². The third-order valence-electron chi connectivity index (χ3n) is 9.83. The monoisotopic (exact) mass is 488 g/mol. The van der Waals surface area contributed by atoms with Crippen LogP contribution in [-0.2, 0) is 23.9 Å². The molecule has 3 saturated carbocycles. The van der Waals surface area contributed by atoms with E-state index in [0.717, 1.165) is 64.5 Å². The van der Waals surface area contributed by atoms with Crippen LogP contribution in [0.15, 0.2) is 0 Å². The van der Waals surface area contributed by atoms with Crippen molar-refractivity contribution in [1.29, 1.82) is 0 Å². The molecule has 7 nitrogen and oxygen atoms in total. The lowest BCUT2D eigenvalue weighted by Crippen LogP contribution is -2.48. The minimum Gasteiger partial charge on any atom is -0.460 e. The minimum atomic E-state index is -0.528. The number of nitrogens with zero attached hydrogens (tertiary/aromatic N) is 2. The highest BCUT2D eigenvalue weighted by atomic mass is 16.6. The van der Waals surface area contributed by atoms with Gasteiger partial charge in [-0.1, -0.05) is 13.3 Å². The van der Waals surface area contributed by atoms with Crippen LogP contribution in [0.3, 0.4) is 0 Å². The lowest BCUT2D eigenvalue weighted by Gasteiger charge is -2.37. The Bertz CT molecular complexity index is 839. The van der Waals surface area contributed by atoms with Gasteiger partial charge in [0.05, 0.1) is 12.5 Å². The van der Waals surface area contributed by atoms with Gasteiger partial charge in [-0.25, -0.2) is 0 Å². The van der Waals surface area contributed by atoms with Crippen molar-refractivity contribution in [3.05, 3.63) is 0 Å². The molecule has 2 heterocycles. The van der Waals surface area contributed by atoms with Gasteiger partial charge in [-0.15, -0.1) is 0 Å². The van der Waals surface area contributed by atoms with Gasteiger partial charge in [-0.2, -0.15) is 0 Å². The van der Waals surface area contributed by atoms with Crippen molar-refractivity contribution in [3.8, 4) is 0 Å². The molecule has 35 heavy (non-hydrogen) atoms. The molecule has 3 aliphatic carbocycles. The number of rotatable bonds is 6. The van der Waals surface area contributed by atoms with Gasteiger partial charge < -0.3 is 14.4 Å². The maximum Gasteiger partial charge on any atom is 0.320 e. The average Bonchev–Trinajstić information content (AvgIpc) is 3.56. The first kappa shape index (κ1) is 25.0. The molecule has 6 unspecified atom stereocenters. The molecule has 0 spiro atoms. The van der Waals surface area contributed by atoms with E-state index in [1.165, 1.54) is 6.42 Å². The fraction of sp³-hybridized carbons (Fsp3) is 0.893. The van der Waals surface area contributed by atoms with Crippen LogP contribution in [0.25, 0.3) is 0 Å². The standard InChI is InChI=1S/C28H44N2O5/c1-5-28(11-7-8-12-28)35-26(33)23-19-15-18(20-16-30(27(2,3)4)25(32)22(19)20)24(23)34-21(31)17-29-13-9-6-10-14-29/h18-20,22-24H,5-17H2,1-4H3. The van der Waals surface area contributed by atoms with Crippen molar-refractivity contribution in [2.75, 3.05) is 26.2 Å². The van der Waals surface area contributed by atoms with Gasteiger partial charge in [-0.05, 0) is 97.1 Å². The predicted octanol–water partition coefficient (Wildman–Crippen LogP) is 3.79. The number of esters is 2. The lowest BCUT2D eigenvalue weighted by atomic mass is 9.73. The first-order valence-corrected chi connectivity index (χ1v) is 14.1. The summed E-state index contributed by atoms with van der Waals surface area (Å²) in [6.07, 6.45) is 8.51. The molecular weight excluding hydrogens is 444 g/mol. The predicted molar refractivity (Wildman–Crippen MR) is 131 cm³/mol. The molecule has 0 aromatic carbocycles. The molecule has 5 aliphatic rings. The Morgan fingerprint density at radius 3 is 2.31 bits per heavy atom. The zero-order valence-electron chi connectivity index (χ0n) is 22.1. The van der Waals surface area contributed by atoms with Crippen LogP contribution in [0.1, 0.15) is 85.5 Å². The Morgan fingerprint density at radius 1 is 1.00 bits per heavy atom. The van der Waals surface area contributed by atoms with E-state index >= 15 is 0 Å². The van der Waals surface area contributed by atoms with E-state index in [4.69, 9.17) is 9.47 Å². The summed E-state index contributed by atoms with van der Waals surface area (Å²) in [6, 6.07) is 0. The Morgan fingerprint density at radius 2 is 1.69 bits per heavy atom. The smallest absolute Gasteiger partial charge is 0.320 e. The lowest BCUT2D eigenvalue weighted by molar-refractivity contribution is -0.179. The second kappa shape index (κ2) is 9.35. The largest absolute Gasteiger partial charge is 0.460 e. The van der Waals surface area contributed by atoms with Crippen molar-refractivity contribution >= 4 is 17.8 Å². The first-order valence-electron chi connectivity index (χ1n) is 14.1. The summed E-state index contributed by atoms with van der Waals surface area (Å²) in [7, 11) is 0. The number of hydrogen-bond acceptors (Lipinski definition) is 6. The van der Waals surface area contributed by atoms with Gasteiger partial charge in [0.2, 0.25) is 5.91 Å². The Kier molecular flexibility index (Phi) is 6.69. The van der Waals surface area contributed by atoms with E-state index in [1.807, 2.05) is 4.90 Å². The summed E-state index contributed by atoms with van der Waals surface area (Å²) in [5, 5.41) is 0. The molecular formula is C28H44N2O5. The molecule has 0 aromatic rings. The van der Waals surface area contributed by atoms with Crippen molar-refractivity contribution in [3.63, 3.8) is 0 Å². The molecule has 196 valence electrons. The molecule has 2 bridgehead atoms. The van der Waals surface area contributed by atoms with Gasteiger partial charge in [0, 0.05) is 23.9 Å². The molecule has 2 saturated heterocycles. The molecule has 5 fully saturated rings. The summed E-state index contributed by atoms with van der Waals surface area (Å²) >= 11 is 0. The van der Waals surface area contributed by atoms with Crippen LogP contribution in [0.2, 0.25) is 0 Å². The van der Waals surface area contributed by atoms with Crippen LogP contribution in [-0.4, -0.2) is 71.1 Å². The molecule has 6 atom stereocenters. The fourth-order valence-electron chi connectivity index (χ4n) is 7.96. The number of hydrogen-bond donors (Lipinski definition) is 0. The Hall–Kier alpha value is -1.63. The summed E-state index contributed by atoms with van der Waals surface area (Å²) in [6.45, 7) is 11.1. The molecule has 0 N–H and O–H groups in total. The number of carbonyl (C=O) groups is 3. The zero-order chi connectivity index (χ0) is 25.0. The number of fused-ring (bicyclic) bond motifs is 5. The third kappa shape index (κ3) is 4.51. The van der Waals surface area contributed by atoms with E-state index in [1.54, 1.807) is 0 Å². The maximum absolute atomic E-state index is 13.8. The fourth-order valence-corrected chi connectivity index (χ4v) is 7.96. The van der Waals surface area contributed by atoms with Gasteiger partial charge in [0.1, 0.15) is 11.7 Å². The van der Waals surface area contributed by atoms with Crippen LogP contribution in [0.5, 0.6) is 0 Å². The summed E-state index contributed by atoms with van der Waals surface area (Å²) < 4.78 is 12.4.